The molecule has 0 radical (unpaired) electrons. The summed E-state index contributed by atoms with van der Waals surface area (Å²) in [7, 11) is 0. The smallest absolute Gasteiger partial charge is 0.407 e. The summed E-state index contributed by atoms with van der Waals surface area (Å²) in [6, 6.07) is 0. The molecule has 1 saturated heterocycles. The first-order valence-corrected chi connectivity index (χ1v) is 6.04. The third-order valence-corrected chi connectivity index (χ3v) is 2.61. The van der Waals surface area contributed by atoms with Gasteiger partial charge in [0.25, 0.3) is 0 Å². The molecule has 0 bridgehead atoms. The van der Waals surface area contributed by atoms with Crippen LogP contribution >= 0.6 is 0 Å². The molecular formula is C12H21NO5. The minimum Gasteiger partial charge on any atom is -0.479 e. The highest BCUT2D eigenvalue weighted by Crippen LogP contribution is 2.25. The quantitative estimate of drug-likeness (QED) is 0.800. The highest BCUT2D eigenvalue weighted by Gasteiger charge is 2.37. The standard InChI is InChI=1S/C12H21NO5/c1-7-5-8(17-9(7)10(14)15)6-13-11(16)18-12(2,3)4/h7-9H,5-6H2,1-4H3,(H,13,16)(H,14,15). The largest absolute Gasteiger partial charge is 0.479 e. The third kappa shape index (κ3) is 4.52. The van der Waals surface area contributed by atoms with Crippen molar-refractivity contribution >= 4 is 12.1 Å². The van der Waals surface area contributed by atoms with E-state index in [1.54, 1.807) is 20.8 Å². The monoisotopic (exact) mass is 259 g/mol. The normalized spacial score (nSPS) is 27.9. The second-order valence-electron chi connectivity index (χ2n) is 5.61. The van der Waals surface area contributed by atoms with E-state index in [4.69, 9.17) is 14.6 Å². The predicted octanol–water partition coefficient (Wildman–Crippen LogP) is 1.39. The van der Waals surface area contributed by atoms with Gasteiger partial charge >= 0.3 is 12.1 Å². The first-order chi connectivity index (χ1) is 8.19. The van der Waals surface area contributed by atoms with E-state index in [0.29, 0.717) is 6.42 Å². The summed E-state index contributed by atoms with van der Waals surface area (Å²) in [5.41, 5.74) is -0.544. The number of carbonyl (C=O) groups is 2. The number of carbonyl (C=O) groups excluding carboxylic acids is 1. The van der Waals surface area contributed by atoms with Crippen LogP contribution in [-0.4, -0.2) is 41.5 Å². The van der Waals surface area contributed by atoms with E-state index in [-0.39, 0.29) is 18.6 Å². The maximum atomic E-state index is 11.4. The molecule has 1 heterocycles. The Hall–Kier alpha value is -1.30. The zero-order chi connectivity index (χ0) is 13.9. The van der Waals surface area contributed by atoms with Gasteiger partial charge in [-0.1, -0.05) is 6.92 Å². The lowest BCUT2D eigenvalue weighted by molar-refractivity contribution is -0.150. The van der Waals surface area contributed by atoms with Crippen LogP contribution in [0, 0.1) is 5.92 Å². The summed E-state index contributed by atoms with van der Waals surface area (Å²) in [6.07, 6.45) is -0.950. The third-order valence-electron chi connectivity index (χ3n) is 2.61. The Labute approximate surface area is 107 Å². The van der Waals surface area contributed by atoms with E-state index < -0.39 is 23.8 Å². The van der Waals surface area contributed by atoms with Crippen molar-refractivity contribution < 1.29 is 24.2 Å². The van der Waals surface area contributed by atoms with Gasteiger partial charge in [0.1, 0.15) is 5.60 Å². The molecule has 1 rings (SSSR count). The SMILES string of the molecule is CC1CC(CNC(=O)OC(C)(C)C)OC1C(=O)O. The number of ether oxygens (including phenoxy) is 2. The number of amides is 1. The van der Waals surface area contributed by atoms with Crippen LogP contribution in [0.1, 0.15) is 34.1 Å². The van der Waals surface area contributed by atoms with Crippen LogP contribution < -0.4 is 5.32 Å². The van der Waals surface area contributed by atoms with Crippen LogP contribution in [0.2, 0.25) is 0 Å². The van der Waals surface area contributed by atoms with E-state index in [1.807, 2.05) is 6.92 Å². The minimum absolute atomic E-state index is 0.0482. The van der Waals surface area contributed by atoms with Gasteiger partial charge in [-0.05, 0) is 33.1 Å². The number of nitrogens with one attached hydrogen (secondary N) is 1. The van der Waals surface area contributed by atoms with Crippen molar-refractivity contribution in [3.63, 3.8) is 0 Å². The summed E-state index contributed by atoms with van der Waals surface area (Å²) in [5.74, 6) is -1.00. The summed E-state index contributed by atoms with van der Waals surface area (Å²) < 4.78 is 10.4. The number of carboxylic acids is 1. The Morgan fingerprint density at radius 1 is 1.44 bits per heavy atom. The molecule has 6 nitrogen and oxygen atoms in total. The Morgan fingerprint density at radius 3 is 2.50 bits per heavy atom. The number of alkyl carbamates (subject to hydrolysis) is 1. The second-order valence-corrected chi connectivity index (χ2v) is 5.61. The van der Waals surface area contributed by atoms with Crippen molar-refractivity contribution in [3.8, 4) is 0 Å². The molecule has 0 aromatic heterocycles. The van der Waals surface area contributed by atoms with Gasteiger partial charge in [0.05, 0.1) is 6.10 Å². The van der Waals surface area contributed by atoms with Gasteiger partial charge in [-0.15, -0.1) is 0 Å². The minimum atomic E-state index is -0.956. The number of aliphatic carboxylic acids is 1. The molecule has 1 aliphatic rings. The Kier molecular flexibility index (Phi) is 4.56. The highest BCUT2D eigenvalue weighted by atomic mass is 16.6. The fourth-order valence-electron chi connectivity index (χ4n) is 1.88. The maximum Gasteiger partial charge on any atom is 0.407 e. The van der Waals surface area contributed by atoms with Crippen molar-refractivity contribution in [3.05, 3.63) is 0 Å². The lowest BCUT2D eigenvalue weighted by atomic mass is 10.0. The van der Waals surface area contributed by atoms with Crippen molar-refractivity contribution in [1.29, 1.82) is 0 Å². The van der Waals surface area contributed by atoms with E-state index in [9.17, 15) is 9.59 Å². The van der Waals surface area contributed by atoms with E-state index in [1.165, 1.54) is 0 Å². The van der Waals surface area contributed by atoms with Crippen molar-refractivity contribution in [1.82, 2.24) is 5.32 Å². The van der Waals surface area contributed by atoms with Gasteiger partial charge in [-0.25, -0.2) is 9.59 Å². The molecule has 0 saturated carbocycles. The summed E-state index contributed by atoms with van der Waals surface area (Å²) in [5, 5.41) is 11.5. The fraction of sp³-hybridized carbons (Fsp3) is 0.833. The average Bonchev–Trinajstić information content (AvgIpc) is 2.54. The first-order valence-electron chi connectivity index (χ1n) is 6.04. The van der Waals surface area contributed by atoms with Gasteiger partial charge in [-0.2, -0.15) is 0 Å². The molecule has 0 aliphatic carbocycles. The van der Waals surface area contributed by atoms with Crippen LogP contribution in [0.5, 0.6) is 0 Å². The molecule has 0 spiro atoms. The summed E-state index contributed by atoms with van der Waals surface area (Å²) in [4.78, 5) is 22.3. The molecular weight excluding hydrogens is 238 g/mol. The topological polar surface area (TPSA) is 84.9 Å². The van der Waals surface area contributed by atoms with Gasteiger partial charge < -0.3 is 19.9 Å². The molecule has 0 aromatic carbocycles. The fourth-order valence-corrected chi connectivity index (χ4v) is 1.88. The zero-order valence-electron chi connectivity index (χ0n) is 11.2. The molecule has 1 aliphatic heterocycles. The summed E-state index contributed by atoms with van der Waals surface area (Å²) in [6.45, 7) is 7.43. The molecule has 104 valence electrons. The van der Waals surface area contributed by atoms with Gasteiger partial charge in [0.2, 0.25) is 0 Å². The molecule has 0 aromatic rings. The molecule has 3 unspecified atom stereocenters. The molecule has 3 atom stereocenters. The predicted molar refractivity (Wildman–Crippen MR) is 64.3 cm³/mol. The van der Waals surface area contributed by atoms with Crippen LogP contribution in [0.4, 0.5) is 4.79 Å². The number of carboxylic acid groups (broad SMARTS) is 1. The van der Waals surface area contributed by atoms with E-state index in [0.717, 1.165) is 0 Å². The zero-order valence-corrected chi connectivity index (χ0v) is 11.2. The molecule has 1 fully saturated rings. The molecule has 18 heavy (non-hydrogen) atoms. The average molecular weight is 259 g/mol. The van der Waals surface area contributed by atoms with Crippen LogP contribution in [0.3, 0.4) is 0 Å². The van der Waals surface area contributed by atoms with Crippen molar-refractivity contribution in [2.24, 2.45) is 5.92 Å². The number of hydrogen-bond donors (Lipinski definition) is 2. The van der Waals surface area contributed by atoms with Gasteiger partial charge in [0.15, 0.2) is 6.10 Å². The van der Waals surface area contributed by atoms with E-state index in [2.05, 4.69) is 5.32 Å². The maximum absolute atomic E-state index is 11.4. The molecule has 2 N–H and O–H groups in total. The molecule has 6 heteroatoms. The van der Waals surface area contributed by atoms with Crippen molar-refractivity contribution in [2.45, 2.75) is 51.9 Å². The van der Waals surface area contributed by atoms with Gasteiger partial charge in [0, 0.05) is 6.54 Å². The van der Waals surface area contributed by atoms with E-state index >= 15 is 0 Å². The second kappa shape index (κ2) is 5.56. The lowest BCUT2D eigenvalue weighted by Gasteiger charge is -2.20. The first kappa shape index (κ1) is 14.8. The van der Waals surface area contributed by atoms with Crippen LogP contribution in [-0.2, 0) is 14.3 Å². The number of hydrogen-bond acceptors (Lipinski definition) is 4. The Bertz CT molecular complexity index is 323. The van der Waals surface area contributed by atoms with Crippen LogP contribution in [0.25, 0.3) is 0 Å². The Balaban J connectivity index is 2.33. The number of rotatable bonds is 3. The Morgan fingerprint density at radius 2 is 2.06 bits per heavy atom. The highest BCUT2D eigenvalue weighted by molar-refractivity contribution is 5.73. The van der Waals surface area contributed by atoms with Gasteiger partial charge in [-0.3, -0.25) is 0 Å². The van der Waals surface area contributed by atoms with Crippen molar-refractivity contribution in [2.75, 3.05) is 6.54 Å². The van der Waals surface area contributed by atoms with Crippen LogP contribution in [0.15, 0.2) is 0 Å². The molecule has 1 amide bonds. The summed E-state index contributed by atoms with van der Waals surface area (Å²) >= 11 is 0. The lowest BCUT2D eigenvalue weighted by Crippen LogP contribution is -2.37.